The van der Waals surface area contributed by atoms with Crippen LogP contribution in [-0.4, -0.2) is 61.4 Å². The maximum absolute atomic E-state index is 12.6. The van der Waals surface area contributed by atoms with Crippen molar-refractivity contribution < 1.29 is 13.2 Å². The maximum atomic E-state index is 12.6. The van der Waals surface area contributed by atoms with Crippen molar-refractivity contribution in [3.63, 3.8) is 0 Å². The van der Waals surface area contributed by atoms with Crippen molar-refractivity contribution in [2.75, 3.05) is 36.0 Å². The number of rotatable bonds is 4. The van der Waals surface area contributed by atoms with E-state index < -0.39 is 9.84 Å². The molecule has 0 N–H and O–H groups in total. The largest absolute Gasteiger partial charge is 0.368 e. The summed E-state index contributed by atoms with van der Waals surface area (Å²) in [5.41, 5.74) is 1.34. The fourth-order valence-electron chi connectivity index (χ4n) is 3.65. The van der Waals surface area contributed by atoms with E-state index >= 15 is 0 Å². The van der Waals surface area contributed by atoms with Crippen LogP contribution in [0.1, 0.15) is 43.1 Å². The Balaban J connectivity index is 1.79. The Labute approximate surface area is 143 Å². The van der Waals surface area contributed by atoms with Gasteiger partial charge >= 0.3 is 0 Å². The highest BCUT2D eigenvalue weighted by Crippen LogP contribution is 2.25. The van der Waals surface area contributed by atoms with E-state index in [1.165, 1.54) is 6.42 Å². The van der Waals surface area contributed by atoms with E-state index in [9.17, 15) is 13.2 Å². The van der Waals surface area contributed by atoms with Gasteiger partial charge in [0.05, 0.1) is 11.5 Å². The molecule has 1 aromatic rings. The van der Waals surface area contributed by atoms with Gasteiger partial charge in [0.25, 0.3) is 5.91 Å². The fourth-order valence-corrected chi connectivity index (χ4v) is 5.38. The number of aromatic nitrogens is 1. The Hall–Kier alpha value is -1.63. The van der Waals surface area contributed by atoms with E-state index in [-0.39, 0.29) is 23.5 Å². The van der Waals surface area contributed by atoms with Crippen LogP contribution in [0.2, 0.25) is 0 Å². The molecule has 0 bridgehead atoms. The Morgan fingerprint density at radius 2 is 2.08 bits per heavy atom. The minimum absolute atomic E-state index is 0.0136. The van der Waals surface area contributed by atoms with Crippen LogP contribution in [0.25, 0.3) is 0 Å². The molecule has 0 aliphatic carbocycles. The van der Waals surface area contributed by atoms with Gasteiger partial charge in [0.15, 0.2) is 9.84 Å². The van der Waals surface area contributed by atoms with Crippen LogP contribution in [0.5, 0.6) is 0 Å². The lowest BCUT2D eigenvalue weighted by Crippen LogP contribution is -2.37. The SMILES string of the molecule is CCN(c1ccnc(C(=O)N2CCCCC2)c1)C1CCS(=O)(=O)C1. The maximum Gasteiger partial charge on any atom is 0.272 e. The summed E-state index contributed by atoms with van der Waals surface area (Å²) in [6.45, 7) is 4.31. The summed E-state index contributed by atoms with van der Waals surface area (Å²) < 4.78 is 23.5. The van der Waals surface area contributed by atoms with Crippen molar-refractivity contribution >= 4 is 21.4 Å². The molecule has 1 unspecified atom stereocenters. The van der Waals surface area contributed by atoms with E-state index in [2.05, 4.69) is 9.88 Å². The molecule has 6 nitrogen and oxygen atoms in total. The second-order valence-corrected chi connectivity index (χ2v) is 8.82. The molecule has 3 rings (SSSR count). The number of amides is 1. The number of pyridine rings is 1. The molecule has 1 atom stereocenters. The van der Waals surface area contributed by atoms with Crippen LogP contribution in [0, 0.1) is 0 Å². The van der Waals surface area contributed by atoms with Gasteiger partial charge < -0.3 is 9.80 Å². The van der Waals surface area contributed by atoms with Crippen molar-refractivity contribution in [3.05, 3.63) is 24.0 Å². The van der Waals surface area contributed by atoms with Crippen LogP contribution in [0.15, 0.2) is 18.3 Å². The van der Waals surface area contributed by atoms with E-state index in [0.717, 1.165) is 31.6 Å². The zero-order valence-corrected chi connectivity index (χ0v) is 15.0. The molecular formula is C17H25N3O3S. The van der Waals surface area contributed by atoms with Crippen LogP contribution in [-0.2, 0) is 9.84 Å². The molecule has 2 aliphatic heterocycles. The van der Waals surface area contributed by atoms with Crippen molar-refractivity contribution in [3.8, 4) is 0 Å². The quantitative estimate of drug-likeness (QED) is 0.826. The normalized spacial score (nSPS) is 23.2. The molecule has 1 aromatic heterocycles. The summed E-state index contributed by atoms with van der Waals surface area (Å²) in [7, 11) is -2.93. The summed E-state index contributed by atoms with van der Waals surface area (Å²) in [5, 5.41) is 0. The zero-order valence-electron chi connectivity index (χ0n) is 14.1. The number of sulfone groups is 1. The molecule has 2 aliphatic rings. The van der Waals surface area contributed by atoms with Gasteiger partial charge in [0, 0.05) is 37.6 Å². The lowest BCUT2D eigenvalue weighted by molar-refractivity contribution is 0.0718. The first-order valence-corrected chi connectivity index (χ1v) is 10.5. The molecule has 0 spiro atoms. The third-order valence-electron chi connectivity index (χ3n) is 4.93. The lowest BCUT2D eigenvalue weighted by Gasteiger charge is -2.30. The van der Waals surface area contributed by atoms with Gasteiger partial charge in [-0.15, -0.1) is 0 Å². The van der Waals surface area contributed by atoms with E-state index in [1.54, 1.807) is 6.20 Å². The zero-order chi connectivity index (χ0) is 17.2. The molecule has 0 aromatic carbocycles. The number of carbonyl (C=O) groups excluding carboxylic acids is 1. The van der Waals surface area contributed by atoms with Crippen LogP contribution in [0.3, 0.4) is 0 Å². The summed E-state index contributed by atoms with van der Waals surface area (Å²) in [4.78, 5) is 20.8. The predicted molar refractivity (Wildman–Crippen MR) is 94.1 cm³/mol. The minimum Gasteiger partial charge on any atom is -0.368 e. The Morgan fingerprint density at radius 3 is 2.71 bits per heavy atom. The molecule has 0 saturated carbocycles. The molecule has 3 heterocycles. The van der Waals surface area contributed by atoms with Crippen LogP contribution >= 0.6 is 0 Å². The van der Waals surface area contributed by atoms with Crippen molar-refractivity contribution in [1.82, 2.24) is 9.88 Å². The number of hydrogen-bond acceptors (Lipinski definition) is 5. The van der Waals surface area contributed by atoms with Gasteiger partial charge in [-0.05, 0) is 44.7 Å². The number of likely N-dealkylation sites (tertiary alicyclic amines) is 1. The average molecular weight is 351 g/mol. The smallest absolute Gasteiger partial charge is 0.272 e. The van der Waals surface area contributed by atoms with E-state index in [1.807, 2.05) is 24.0 Å². The molecule has 132 valence electrons. The third kappa shape index (κ3) is 3.71. The molecule has 24 heavy (non-hydrogen) atoms. The van der Waals surface area contributed by atoms with Crippen molar-refractivity contribution in [2.45, 2.75) is 38.6 Å². The second kappa shape index (κ2) is 7.09. The number of hydrogen-bond donors (Lipinski definition) is 0. The third-order valence-corrected chi connectivity index (χ3v) is 6.68. The first-order chi connectivity index (χ1) is 11.5. The Kier molecular flexibility index (Phi) is 5.08. The molecule has 0 radical (unpaired) electrons. The number of piperidine rings is 1. The summed E-state index contributed by atoms with van der Waals surface area (Å²) in [6.07, 6.45) is 5.57. The molecule has 7 heteroatoms. The molecule has 2 fully saturated rings. The van der Waals surface area contributed by atoms with Crippen molar-refractivity contribution in [1.29, 1.82) is 0 Å². The average Bonchev–Trinajstić information content (AvgIpc) is 2.95. The van der Waals surface area contributed by atoms with E-state index in [4.69, 9.17) is 0 Å². The van der Waals surface area contributed by atoms with Crippen LogP contribution < -0.4 is 4.90 Å². The lowest BCUT2D eigenvalue weighted by atomic mass is 10.1. The highest BCUT2D eigenvalue weighted by atomic mass is 32.2. The highest BCUT2D eigenvalue weighted by molar-refractivity contribution is 7.91. The van der Waals surface area contributed by atoms with Gasteiger partial charge in [0.1, 0.15) is 5.69 Å². The summed E-state index contributed by atoms with van der Waals surface area (Å²) in [5.74, 6) is 0.420. The Bertz CT molecular complexity index is 699. The van der Waals surface area contributed by atoms with E-state index in [0.29, 0.717) is 18.7 Å². The predicted octanol–water partition coefficient (Wildman–Crippen LogP) is 1.72. The first-order valence-electron chi connectivity index (χ1n) is 8.72. The van der Waals surface area contributed by atoms with Gasteiger partial charge in [-0.25, -0.2) is 8.42 Å². The number of carbonyl (C=O) groups is 1. The highest BCUT2D eigenvalue weighted by Gasteiger charge is 2.32. The monoisotopic (exact) mass is 351 g/mol. The fraction of sp³-hybridized carbons (Fsp3) is 0.647. The number of nitrogens with zero attached hydrogens (tertiary/aromatic N) is 3. The first kappa shape index (κ1) is 17.2. The second-order valence-electron chi connectivity index (χ2n) is 6.60. The summed E-state index contributed by atoms with van der Waals surface area (Å²) in [6, 6.07) is 3.66. The Morgan fingerprint density at radius 1 is 1.33 bits per heavy atom. The number of anilines is 1. The minimum atomic E-state index is -2.93. The molecule has 1 amide bonds. The molecular weight excluding hydrogens is 326 g/mol. The van der Waals surface area contributed by atoms with Crippen LogP contribution in [0.4, 0.5) is 5.69 Å². The van der Waals surface area contributed by atoms with Crippen molar-refractivity contribution in [2.24, 2.45) is 0 Å². The standard InChI is InChI=1S/C17H25N3O3S/c1-2-20(15-7-11-24(22,23)13-15)14-6-8-18-16(12-14)17(21)19-9-4-3-5-10-19/h6,8,12,15H,2-5,7,9-11,13H2,1H3. The van der Waals surface area contributed by atoms with Gasteiger partial charge in [-0.2, -0.15) is 0 Å². The molecule has 2 saturated heterocycles. The van der Waals surface area contributed by atoms with Gasteiger partial charge in [-0.3, -0.25) is 9.78 Å². The van der Waals surface area contributed by atoms with Gasteiger partial charge in [-0.1, -0.05) is 0 Å². The van der Waals surface area contributed by atoms with Gasteiger partial charge in [0.2, 0.25) is 0 Å². The topological polar surface area (TPSA) is 70.6 Å². The summed E-state index contributed by atoms with van der Waals surface area (Å²) >= 11 is 0.